The van der Waals surface area contributed by atoms with Gasteiger partial charge in [-0.15, -0.1) is 6.42 Å². The predicted octanol–water partition coefficient (Wildman–Crippen LogP) is 3.15. The van der Waals surface area contributed by atoms with Crippen molar-refractivity contribution in [1.82, 2.24) is 24.9 Å². The van der Waals surface area contributed by atoms with Crippen LogP contribution in [-0.4, -0.2) is 37.7 Å². The van der Waals surface area contributed by atoms with Gasteiger partial charge in [-0.2, -0.15) is 18.3 Å². The van der Waals surface area contributed by atoms with E-state index in [1.807, 2.05) is 0 Å². The number of carbonyl (C=O) groups is 1. The van der Waals surface area contributed by atoms with Gasteiger partial charge >= 0.3 is 6.18 Å². The van der Waals surface area contributed by atoms with Crippen LogP contribution in [0.25, 0.3) is 16.9 Å². The van der Waals surface area contributed by atoms with Crippen molar-refractivity contribution < 1.29 is 18.0 Å². The highest BCUT2D eigenvalue weighted by molar-refractivity contribution is 6.00. The lowest BCUT2D eigenvalue weighted by molar-refractivity contribution is -0.158. The van der Waals surface area contributed by atoms with Crippen molar-refractivity contribution in [3.8, 4) is 23.6 Å². The maximum Gasteiger partial charge on any atom is 0.408 e. The van der Waals surface area contributed by atoms with Crippen LogP contribution in [0.4, 0.5) is 13.2 Å². The van der Waals surface area contributed by atoms with Gasteiger partial charge in [0.15, 0.2) is 5.65 Å². The van der Waals surface area contributed by atoms with E-state index in [4.69, 9.17) is 6.42 Å². The number of nitrogens with one attached hydrogen (secondary N) is 1. The monoisotopic (exact) mass is 399 g/mol. The Bertz CT molecular complexity index is 1140. The molecule has 148 valence electrons. The van der Waals surface area contributed by atoms with Gasteiger partial charge in [-0.05, 0) is 37.8 Å². The second kappa shape index (κ2) is 6.88. The topological polar surface area (TPSA) is 72.2 Å². The third-order valence-corrected chi connectivity index (χ3v) is 4.83. The molecule has 6 nitrogen and oxygen atoms in total. The van der Waals surface area contributed by atoms with Crippen molar-refractivity contribution in [2.45, 2.75) is 32.0 Å². The molecule has 0 bridgehead atoms. The van der Waals surface area contributed by atoms with Gasteiger partial charge in [-0.1, -0.05) is 5.92 Å². The molecule has 0 unspecified atom stereocenters. The van der Waals surface area contributed by atoms with Crippen molar-refractivity contribution in [3.05, 3.63) is 47.5 Å². The van der Waals surface area contributed by atoms with Gasteiger partial charge in [0.05, 0.1) is 11.9 Å². The Balaban J connectivity index is 1.73. The summed E-state index contributed by atoms with van der Waals surface area (Å²) < 4.78 is 41.2. The number of alkyl halides is 3. The Kier molecular flexibility index (Phi) is 4.49. The van der Waals surface area contributed by atoms with Crippen LogP contribution in [0, 0.1) is 25.2 Å². The first kappa shape index (κ1) is 18.9. The van der Waals surface area contributed by atoms with Crippen molar-refractivity contribution in [2.24, 2.45) is 5.92 Å². The van der Waals surface area contributed by atoms with Crippen LogP contribution in [0.5, 0.6) is 0 Å². The largest absolute Gasteiger partial charge is 0.408 e. The molecule has 0 spiro atoms. The standard InChI is InChI=1S/C20H16F3N5O/c1-3-12-7-14(9-24-8-12)16-6-11(2)28-18(26-16)15(10-25-28)19(29)27-17(13-4-5-13)20(21,22)23/h1,6-10,13,17H,4-5H2,2H3,(H,27,29)/t17-/m0/s1. The first-order chi connectivity index (χ1) is 13.8. The van der Waals surface area contributed by atoms with Crippen molar-refractivity contribution >= 4 is 11.6 Å². The Morgan fingerprint density at radius 2 is 2.07 bits per heavy atom. The quantitative estimate of drug-likeness (QED) is 0.684. The van der Waals surface area contributed by atoms with E-state index < -0.39 is 24.0 Å². The van der Waals surface area contributed by atoms with Gasteiger partial charge in [0.1, 0.15) is 11.6 Å². The number of amides is 1. The highest BCUT2D eigenvalue weighted by atomic mass is 19.4. The molecule has 9 heteroatoms. The molecule has 29 heavy (non-hydrogen) atoms. The van der Waals surface area contributed by atoms with E-state index in [0.29, 0.717) is 35.4 Å². The van der Waals surface area contributed by atoms with Crippen LogP contribution in [-0.2, 0) is 0 Å². The molecule has 1 aliphatic rings. The lowest BCUT2D eigenvalue weighted by Gasteiger charge is -2.20. The molecule has 3 aromatic heterocycles. The van der Waals surface area contributed by atoms with Crippen LogP contribution in [0.15, 0.2) is 30.7 Å². The lowest BCUT2D eigenvalue weighted by atomic mass is 10.1. The minimum absolute atomic E-state index is 0.0223. The fourth-order valence-corrected chi connectivity index (χ4v) is 3.20. The van der Waals surface area contributed by atoms with Gasteiger partial charge in [0.25, 0.3) is 5.91 Å². The lowest BCUT2D eigenvalue weighted by Crippen LogP contribution is -2.46. The van der Waals surface area contributed by atoms with Gasteiger partial charge in [-0.25, -0.2) is 9.50 Å². The molecule has 1 atom stereocenters. The average molecular weight is 399 g/mol. The molecule has 1 fully saturated rings. The number of terminal acetylenes is 1. The zero-order chi connectivity index (χ0) is 20.8. The molecular weight excluding hydrogens is 383 g/mol. The summed E-state index contributed by atoms with van der Waals surface area (Å²) >= 11 is 0. The Labute approximate surface area is 164 Å². The number of carbonyl (C=O) groups excluding carboxylic acids is 1. The molecule has 4 rings (SSSR count). The molecule has 3 aromatic rings. The Morgan fingerprint density at radius 3 is 2.72 bits per heavy atom. The fraction of sp³-hybridized carbons (Fsp3) is 0.300. The maximum atomic E-state index is 13.3. The number of fused-ring (bicyclic) bond motifs is 1. The van der Waals surface area contributed by atoms with Crippen molar-refractivity contribution in [1.29, 1.82) is 0 Å². The number of halogens is 3. The molecule has 0 aliphatic heterocycles. The summed E-state index contributed by atoms with van der Waals surface area (Å²) in [7, 11) is 0. The van der Waals surface area contributed by atoms with Crippen LogP contribution in [0.2, 0.25) is 0 Å². The Morgan fingerprint density at radius 1 is 1.31 bits per heavy atom. The summed E-state index contributed by atoms with van der Waals surface area (Å²) in [5.74, 6) is 1.05. The summed E-state index contributed by atoms with van der Waals surface area (Å²) in [6.45, 7) is 1.76. The van der Waals surface area contributed by atoms with Crippen LogP contribution >= 0.6 is 0 Å². The van der Waals surface area contributed by atoms with E-state index >= 15 is 0 Å². The number of nitrogens with zero attached hydrogens (tertiary/aromatic N) is 4. The van der Waals surface area contributed by atoms with Crippen molar-refractivity contribution in [2.75, 3.05) is 0 Å². The summed E-state index contributed by atoms with van der Waals surface area (Å²) in [6.07, 6.45) is 6.12. The summed E-state index contributed by atoms with van der Waals surface area (Å²) in [5, 5.41) is 6.22. The zero-order valence-electron chi connectivity index (χ0n) is 15.4. The summed E-state index contributed by atoms with van der Waals surface area (Å²) in [5.41, 5.74) is 2.48. The van der Waals surface area contributed by atoms with Gasteiger partial charge in [0, 0.05) is 29.2 Å². The second-order valence-electron chi connectivity index (χ2n) is 7.01. The molecule has 1 amide bonds. The van der Waals surface area contributed by atoms with E-state index in [0.717, 1.165) is 0 Å². The van der Waals surface area contributed by atoms with E-state index in [2.05, 4.69) is 26.3 Å². The number of rotatable bonds is 4. The zero-order valence-corrected chi connectivity index (χ0v) is 15.4. The Hall–Kier alpha value is -3.41. The van der Waals surface area contributed by atoms with E-state index in [-0.39, 0.29) is 11.2 Å². The van der Waals surface area contributed by atoms with Crippen LogP contribution < -0.4 is 5.32 Å². The third kappa shape index (κ3) is 3.66. The van der Waals surface area contributed by atoms with Gasteiger partial charge in [-0.3, -0.25) is 9.78 Å². The predicted molar refractivity (Wildman–Crippen MR) is 98.9 cm³/mol. The van der Waals surface area contributed by atoms with E-state index in [1.54, 1.807) is 25.3 Å². The first-order valence-electron chi connectivity index (χ1n) is 8.93. The number of hydrogen-bond acceptors (Lipinski definition) is 4. The average Bonchev–Trinajstić information content (AvgIpc) is 3.42. The number of aryl methyl sites for hydroxylation is 1. The molecule has 3 heterocycles. The molecule has 1 aliphatic carbocycles. The first-order valence-corrected chi connectivity index (χ1v) is 8.93. The normalized spacial score (nSPS) is 15.1. The molecule has 0 radical (unpaired) electrons. The van der Waals surface area contributed by atoms with Gasteiger partial charge < -0.3 is 5.32 Å². The number of pyridine rings is 1. The molecular formula is C20H16F3N5O. The fourth-order valence-electron chi connectivity index (χ4n) is 3.20. The molecule has 1 saturated carbocycles. The third-order valence-electron chi connectivity index (χ3n) is 4.83. The second-order valence-corrected chi connectivity index (χ2v) is 7.01. The highest BCUT2D eigenvalue weighted by Crippen LogP contribution is 2.40. The smallest absolute Gasteiger partial charge is 0.340 e. The van der Waals surface area contributed by atoms with Gasteiger partial charge in [0.2, 0.25) is 0 Å². The highest BCUT2D eigenvalue weighted by Gasteiger charge is 2.49. The number of hydrogen-bond donors (Lipinski definition) is 1. The molecule has 0 saturated heterocycles. The minimum Gasteiger partial charge on any atom is -0.340 e. The van der Waals surface area contributed by atoms with Crippen LogP contribution in [0.3, 0.4) is 0 Å². The van der Waals surface area contributed by atoms with Crippen LogP contribution in [0.1, 0.15) is 34.5 Å². The summed E-state index contributed by atoms with van der Waals surface area (Å²) in [6, 6.07) is 1.58. The minimum atomic E-state index is -4.50. The van der Waals surface area contributed by atoms with Crippen molar-refractivity contribution in [3.63, 3.8) is 0 Å². The molecule has 0 aromatic carbocycles. The number of aromatic nitrogens is 4. The SMILES string of the molecule is C#Cc1cncc(-c2cc(C)n3ncc(C(=O)N[C@@H](C4CC4)C(F)(F)F)c3n2)c1. The van der Waals surface area contributed by atoms with E-state index in [9.17, 15) is 18.0 Å². The maximum absolute atomic E-state index is 13.3. The molecule has 1 N–H and O–H groups in total. The van der Waals surface area contributed by atoms with E-state index in [1.165, 1.54) is 16.9 Å². The summed E-state index contributed by atoms with van der Waals surface area (Å²) in [4.78, 5) is 21.1.